The highest BCUT2D eigenvalue weighted by molar-refractivity contribution is 5.70. The van der Waals surface area contributed by atoms with Crippen molar-refractivity contribution >= 4 is 11.9 Å². The molecule has 6 heteroatoms. The lowest BCUT2D eigenvalue weighted by Gasteiger charge is -2.35. The van der Waals surface area contributed by atoms with Crippen molar-refractivity contribution in [1.29, 1.82) is 0 Å². The van der Waals surface area contributed by atoms with E-state index in [1.54, 1.807) is 0 Å². The lowest BCUT2D eigenvalue weighted by atomic mass is 9.99. The Bertz CT molecular complexity index is 1130. The second-order valence-electron chi connectivity index (χ2n) is 15.2. The van der Waals surface area contributed by atoms with Gasteiger partial charge in [-0.05, 0) is 103 Å². The zero-order valence-corrected chi connectivity index (χ0v) is 36.0. The molecule has 1 aliphatic rings. The first kappa shape index (κ1) is 51.1. The monoisotopic (exact) mass is 778 g/mol. The molecule has 1 N–H and O–H groups in total. The van der Waals surface area contributed by atoms with Crippen LogP contribution in [0.1, 0.15) is 181 Å². The molecule has 0 saturated carbocycles. The molecule has 318 valence electrons. The molecule has 0 amide bonds. The van der Waals surface area contributed by atoms with Crippen LogP contribution < -0.4 is 0 Å². The van der Waals surface area contributed by atoms with E-state index in [1.807, 2.05) is 0 Å². The predicted octanol–water partition coefficient (Wildman–Crippen LogP) is 13.2. The summed E-state index contributed by atoms with van der Waals surface area (Å²) in [5, 5.41) is 9.30. The molecule has 1 saturated heterocycles. The van der Waals surface area contributed by atoms with E-state index in [4.69, 9.17) is 9.47 Å². The summed E-state index contributed by atoms with van der Waals surface area (Å²) < 4.78 is 11.4. The van der Waals surface area contributed by atoms with Crippen molar-refractivity contribution in [3.8, 4) is 0 Å². The number of carbonyl (C=O) groups excluding carboxylic acids is 2. The Morgan fingerprint density at radius 3 is 1.88 bits per heavy atom. The molecule has 0 radical (unpaired) electrons. The van der Waals surface area contributed by atoms with Gasteiger partial charge in [0.25, 0.3) is 0 Å². The third-order valence-electron chi connectivity index (χ3n) is 10.2. The van der Waals surface area contributed by atoms with Crippen LogP contribution in [-0.2, 0) is 19.1 Å². The minimum atomic E-state index is -0.0935. The van der Waals surface area contributed by atoms with Crippen molar-refractivity contribution in [2.45, 2.75) is 193 Å². The fourth-order valence-electron chi connectivity index (χ4n) is 6.87. The van der Waals surface area contributed by atoms with Crippen LogP contribution in [0.5, 0.6) is 0 Å². The number of allylic oxidation sites excluding steroid dienone is 13. The van der Waals surface area contributed by atoms with E-state index in [-0.39, 0.29) is 24.6 Å². The number of ether oxygens (including phenoxy) is 2. The van der Waals surface area contributed by atoms with E-state index in [0.29, 0.717) is 25.5 Å². The molecular weight excluding hydrogens is 695 g/mol. The Kier molecular flexibility index (Phi) is 36.7. The molecule has 0 aromatic heterocycles. The molecule has 2 atom stereocenters. The molecule has 1 heterocycles. The summed E-state index contributed by atoms with van der Waals surface area (Å²) in [5.41, 5.74) is 0. The number of unbranched alkanes of at least 4 members (excludes halogenated alkanes) is 9. The molecule has 6 nitrogen and oxygen atoms in total. The van der Waals surface area contributed by atoms with Crippen molar-refractivity contribution in [3.63, 3.8) is 0 Å². The summed E-state index contributed by atoms with van der Waals surface area (Å²) in [6.07, 6.45) is 57.0. The van der Waals surface area contributed by atoms with Gasteiger partial charge < -0.3 is 14.6 Å². The number of likely N-dealkylation sites (tertiary alicyclic amines) is 1. The quantitative estimate of drug-likeness (QED) is 0.0388. The van der Waals surface area contributed by atoms with Crippen LogP contribution in [-0.4, -0.2) is 60.4 Å². The van der Waals surface area contributed by atoms with E-state index < -0.39 is 0 Å². The topological polar surface area (TPSA) is 76.1 Å². The molecule has 2 unspecified atom stereocenters. The molecule has 0 aromatic carbocycles. The van der Waals surface area contributed by atoms with Gasteiger partial charge in [0.05, 0.1) is 13.0 Å². The predicted molar refractivity (Wildman–Crippen MR) is 239 cm³/mol. The molecule has 1 aliphatic heterocycles. The van der Waals surface area contributed by atoms with Gasteiger partial charge in [-0.15, -0.1) is 0 Å². The highest BCUT2D eigenvalue weighted by Crippen LogP contribution is 2.20. The lowest BCUT2D eigenvalue weighted by Crippen LogP contribution is -2.41. The van der Waals surface area contributed by atoms with Crippen molar-refractivity contribution < 1.29 is 24.2 Å². The fourth-order valence-corrected chi connectivity index (χ4v) is 6.87. The summed E-state index contributed by atoms with van der Waals surface area (Å²) in [7, 11) is 0. The summed E-state index contributed by atoms with van der Waals surface area (Å²) in [5.74, 6) is -0.179. The molecule has 0 bridgehead atoms. The average Bonchev–Trinajstić information content (AvgIpc) is 3.20. The van der Waals surface area contributed by atoms with E-state index in [1.165, 1.54) is 57.8 Å². The van der Waals surface area contributed by atoms with Crippen LogP contribution in [0.2, 0.25) is 0 Å². The highest BCUT2D eigenvalue weighted by Gasteiger charge is 2.22. The maximum atomic E-state index is 12.6. The average molecular weight is 778 g/mol. The Morgan fingerprint density at radius 2 is 1.23 bits per heavy atom. The van der Waals surface area contributed by atoms with Gasteiger partial charge in [-0.2, -0.15) is 0 Å². The van der Waals surface area contributed by atoms with Gasteiger partial charge in [0.1, 0.15) is 6.10 Å². The normalized spacial score (nSPS) is 16.3. The highest BCUT2D eigenvalue weighted by atomic mass is 16.5. The Labute approximate surface area is 344 Å². The number of nitrogens with zero attached hydrogens (tertiary/aromatic N) is 1. The molecule has 1 rings (SSSR count). The molecule has 0 spiro atoms. The molecule has 1 fully saturated rings. The van der Waals surface area contributed by atoms with Gasteiger partial charge in [0.2, 0.25) is 0 Å². The fraction of sp³-hybridized carbons (Fsp3) is 0.680. The minimum absolute atomic E-state index is 0.0251. The van der Waals surface area contributed by atoms with Crippen LogP contribution in [0.4, 0.5) is 0 Å². The SMILES string of the molecule is CC/C=C\C/C=C\C/C=C\C/C=C\C/C=C\C/C=C\CCC(=O)OC(C/C=C\CCCCCCCCOC(=O)CCN1CCCCC1CCO)CCCCCC. The maximum Gasteiger partial charge on any atom is 0.307 e. The van der Waals surface area contributed by atoms with Crippen LogP contribution >= 0.6 is 0 Å². The third-order valence-corrected chi connectivity index (χ3v) is 10.2. The van der Waals surface area contributed by atoms with Crippen molar-refractivity contribution in [2.24, 2.45) is 0 Å². The molecule has 56 heavy (non-hydrogen) atoms. The number of carbonyl (C=O) groups is 2. The van der Waals surface area contributed by atoms with E-state index in [2.05, 4.69) is 104 Å². The summed E-state index contributed by atoms with van der Waals surface area (Å²) >= 11 is 0. The van der Waals surface area contributed by atoms with Gasteiger partial charge in [-0.1, -0.05) is 150 Å². The molecular formula is C50H83NO5. The van der Waals surface area contributed by atoms with Crippen LogP contribution in [0, 0.1) is 0 Å². The van der Waals surface area contributed by atoms with Gasteiger partial charge in [0.15, 0.2) is 0 Å². The first-order valence-electron chi connectivity index (χ1n) is 22.9. The van der Waals surface area contributed by atoms with Crippen molar-refractivity contribution in [1.82, 2.24) is 4.90 Å². The van der Waals surface area contributed by atoms with E-state index in [0.717, 1.165) is 109 Å². The van der Waals surface area contributed by atoms with Crippen LogP contribution in [0.3, 0.4) is 0 Å². The van der Waals surface area contributed by atoms with Gasteiger partial charge >= 0.3 is 11.9 Å². The zero-order chi connectivity index (χ0) is 40.4. The van der Waals surface area contributed by atoms with E-state index in [9.17, 15) is 14.7 Å². The van der Waals surface area contributed by atoms with Crippen LogP contribution in [0.25, 0.3) is 0 Å². The Hall–Kier alpha value is -2.96. The first-order chi connectivity index (χ1) is 27.6. The summed E-state index contributed by atoms with van der Waals surface area (Å²) in [4.78, 5) is 27.2. The maximum absolute atomic E-state index is 12.6. The van der Waals surface area contributed by atoms with Gasteiger partial charge in [-0.3, -0.25) is 14.5 Å². The Morgan fingerprint density at radius 1 is 0.643 bits per heavy atom. The third kappa shape index (κ3) is 33.2. The largest absolute Gasteiger partial charge is 0.466 e. The smallest absolute Gasteiger partial charge is 0.307 e. The van der Waals surface area contributed by atoms with Gasteiger partial charge in [0, 0.05) is 32.0 Å². The number of aliphatic hydroxyl groups excluding tert-OH is 1. The first-order valence-corrected chi connectivity index (χ1v) is 22.9. The number of hydrogen-bond acceptors (Lipinski definition) is 6. The zero-order valence-electron chi connectivity index (χ0n) is 36.0. The molecule has 0 aromatic rings. The minimum Gasteiger partial charge on any atom is -0.466 e. The van der Waals surface area contributed by atoms with Crippen molar-refractivity contribution in [2.75, 3.05) is 26.3 Å². The summed E-state index contributed by atoms with van der Waals surface area (Å²) in [6, 6.07) is 0.412. The number of hydrogen-bond donors (Lipinski definition) is 1. The Balaban J connectivity index is 2.12. The molecule has 0 aliphatic carbocycles. The lowest BCUT2D eigenvalue weighted by molar-refractivity contribution is -0.149. The van der Waals surface area contributed by atoms with Gasteiger partial charge in [-0.25, -0.2) is 0 Å². The standard InChI is InChI=1S/C50H83NO5/c1-3-5-7-9-10-11-12-13-14-15-16-17-18-19-20-23-26-29-33-40-50(54)56-48(38-31-8-6-4-2)39-32-28-25-22-21-24-27-30-36-46-55-49(53)41-44-51-43-35-34-37-47(51)42-45-52/h5,7,10-11,13-14,16-17,19-20,26,28-29,32,47-48,52H,3-4,6,8-9,12,15,18,21-25,27,30-31,33-46H2,1-2H3/b7-5-,11-10-,14-13-,17-16-,20-19-,29-26-,32-28-. The second kappa shape index (κ2) is 40.2. The number of aliphatic hydroxyl groups is 1. The number of rotatable bonds is 36. The second-order valence-corrected chi connectivity index (χ2v) is 15.2. The van der Waals surface area contributed by atoms with Crippen LogP contribution in [0.15, 0.2) is 85.1 Å². The summed E-state index contributed by atoms with van der Waals surface area (Å²) in [6.45, 7) is 6.89. The van der Waals surface area contributed by atoms with E-state index >= 15 is 0 Å². The number of esters is 2. The van der Waals surface area contributed by atoms with Crippen molar-refractivity contribution in [3.05, 3.63) is 85.1 Å². The number of piperidine rings is 1.